The molecule has 1 heterocycles. The van der Waals surface area contributed by atoms with Crippen LogP contribution in [0.25, 0.3) is 11.4 Å². The monoisotopic (exact) mass is 420 g/mol. The number of amides is 1. The molecule has 3 aromatic rings. The maximum absolute atomic E-state index is 12.5. The smallest absolute Gasteiger partial charge is 0.251 e. The molecule has 8 nitrogen and oxygen atoms in total. The highest BCUT2D eigenvalue weighted by Gasteiger charge is 2.18. The molecule has 0 aliphatic rings. The standard InChI is InChI=1S/C18H17ClN4O4S/c1-11(18-21-16(22-27-18)12-6-8-14(19)9-7-12)20-17(24)13-4-3-5-15(10-13)23-28(2,25)26/h3-11,23H,1-2H3,(H,20,24)/t11-/m0/s1. The van der Waals surface area contributed by atoms with Gasteiger partial charge in [0.05, 0.1) is 6.26 Å². The molecule has 0 saturated heterocycles. The molecule has 0 saturated carbocycles. The van der Waals surface area contributed by atoms with Crippen molar-refractivity contribution in [2.45, 2.75) is 13.0 Å². The lowest BCUT2D eigenvalue weighted by Gasteiger charge is -2.11. The van der Waals surface area contributed by atoms with Crippen LogP contribution >= 0.6 is 11.6 Å². The van der Waals surface area contributed by atoms with Crippen molar-refractivity contribution in [3.63, 3.8) is 0 Å². The first-order valence-electron chi connectivity index (χ1n) is 8.19. The summed E-state index contributed by atoms with van der Waals surface area (Å²) in [5.41, 5.74) is 1.32. The SMILES string of the molecule is C[C@H](NC(=O)c1cccc(NS(C)(=O)=O)c1)c1nc(-c2ccc(Cl)cc2)no1. The highest BCUT2D eigenvalue weighted by atomic mass is 35.5. The van der Waals surface area contributed by atoms with E-state index in [0.29, 0.717) is 16.5 Å². The summed E-state index contributed by atoms with van der Waals surface area (Å²) in [6, 6.07) is 12.6. The number of carbonyl (C=O) groups excluding carboxylic acids is 1. The largest absolute Gasteiger partial charge is 0.341 e. The van der Waals surface area contributed by atoms with Crippen LogP contribution in [0.5, 0.6) is 0 Å². The predicted octanol–water partition coefficient (Wildman–Crippen LogP) is 3.25. The number of aromatic nitrogens is 2. The third-order valence-corrected chi connectivity index (χ3v) is 4.55. The third-order valence-electron chi connectivity index (χ3n) is 3.69. The second kappa shape index (κ2) is 7.99. The first kappa shape index (κ1) is 19.8. The fraction of sp³-hybridized carbons (Fsp3) is 0.167. The van der Waals surface area contributed by atoms with Crippen LogP contribution in [0.15, 0.2) is 53.1 Å². The minimum Gasteiger partial charge on any atom is -0.341 e. The van der Waals surface area contributed by atoms with Crippen molar-refractivity contribution >= 4 is 33.2 Å². The zero-order valence-corrected chi connectivity index (χ0v) is 16.6. The Morgan fingerprint density at radius 1 is 1.18 bits per heavy atom. The van der Waals surface area contributed by atoms with Crippen molar-refractivity contribution in [1.29, 1.82) is 0 Å². The van der Waals surface area contributed by atoms with Crippen molar-refractivity contribution in [1.82, 2.24) is 15.5 Å². The minimum atomic E-state index is -3.44. The van der Waals surface area contributed by atoms with E-state index >= 15 is 0 Å². The van der Waals surface area contributed by atoms with E-state index in [4.69, 9.17) is 16.1 Å². The van der Waals surface area contributed by atoms with Gasteiger partial charge in [-0.1, -0.05) is 22.8 Å². The highest BCUT2D eigenvalue weighted by Crippen LogP contribution is 2.21. The van der Waals surface area contributed by atoms with Crippen LogP contribution in [-0.2, 0) is 10.0 Å². The second-order valence-electron chi connectivity index (χ2n) is 6.11. The third kappa shape index (κ3) is 5.08. The summed E-state index contributed by atoms with van der Waals surface area (Å²) in [4.78, 5) is 16.8. The maximum atomic E-state index is 12.5. The van der Waals surface area contributed by atoms with E-state index in [9.17, 15) is 13.2 Å². The first-order chi connectivity index (χ1) is 13.2. The molecular weight excluding hydrogens is 404 g/mol. The Morgan fingerprint density at radius 2 is 1.89 bits per heavy atom. The van der Waals surface area contributed by atoms with Crippen LogP contribution in [-0.4, -0.2) is 30.7 Å². The number of carbonyl (C=O) groups is 1. The average Bonchev–Trinajstić information content (AvgIpc) is 3.11. The van der Waals surface area contributed by atoms with Gasteiger partial charge in [0.2, 0.25) is 21.7 Å². The van der Waals surface area contributed by atoms with E-state index in [2.05, 4.69) is 20.2 Å². The molecule has 0 aliphatic heterocycles. The molecule has 1 aromatic heterocycles. The van der Waals surface area contributed by atoms with Crippen molar-refractivity contribution in [3.8, 4) is 11.4 Å². The fourth-order valence-corrected chi connectivity index (χ4v) is 3.09. The Kier molecular flexibility index (Phi) is 5.66. The zero-order valence-electron chi connectivity index (χ0n) is 15.0. The van der Waals surface area contributed by atoms with Gasteiger partial charge in [-0.3, -0.25) is 9.52 Å². The van der Waals surface area contributed by atoms with E-state index in [1.54, 1.807) is 49.4 Å². The van der Waals surface area contributed by atoms with Gasteiger partial charge in [-0.15, -0.1) is 0 Å². The number of rotatable bonds is 6. The molecule has 2 aromatic carbocycles. The van der Waals surface area contributed by atoms with Crippen molar-refractivity contribution in [2.75, 3.05) is 11.0 Å². The lowest BCUT2D eigenvalue weighted by atomic mass is 10.2. The van der Waals surface area contributed by atoms with E-state index in [1.165, 1.54) is 6.07 Å². The van der Waals surface area contributed by atoms with Crippen molar-refractivity contribution in [3.05, 3.63) is 65.0 Å². The zero-order chi connectivity index (χ0) is 20.3. The lowest BCUT2D eigenvalue weighted by molar-refractivity contribution is 0.0932. The van der Waals surface area contributed by atoms with Gasteiger partial charge < -0.3 is 9.84 Å². The molecule has 1 amide bonds. The number of hydrogen-bond donors (Lipinski definition) is 2. The maximum Gasteiger partial charge on any atom is 0.251 e. The Bertz CT molecular complexity index is 1100. The Morgan fingerprint density at radius 3 is 2.57 bits per heavy atom. The van der Waals surface area contributed by atoms with Crippen molar-refractivity contribution in [2.24, 2.45) is 0 Å². The van der Waals surface area contributed by atoms with E-state index < -0.39 is 22.0 Å². The van der Waals surface area contributed by atoms with Crippen LogP contribution in [0.2, 0.25) is 5.02 Å². The van der Waals surface area contributed by atoms with Crippen LogP contribution in [0, 0.1) is 0 Å². The molecule has 3 rings (SSSR count). The van der Waals surface area contributed by atoms with Gasteiger partial charge >= 0.3 is 0 Å². The Labute approximate surface area is 167 Å². The molecule has 0 fully saturated rings. The lowest BCUT2D eigenvalue weighted by Crippen LogP contribution is -2.27. The van der Waals surface area contributed by atoms with Crippen LogP contribution in [0.3, 0.4) is 0 Å². The Hall–Kier alpha value is -2.91. The van der Waals surface area contributed by atoms with Gasteiger partial charge in [0.1, 0.15) is 6.04 Å². The fourth-order valence-electron chi connectivity index (χ4n) is 2.41. The Balaban J connectivity index is 1.71. The summed E-state index contributed by atoms with van der Waals surface area (Å²) in [5.74, 6) is 0.215. The van der Waals surface area contributed by atoms with Gasteiger partial charge in [-0.25, -0.2) is 8.42 Å². The minimum absolute atomic E-state index is 0.240. The number of sulfonamides is 1. The van der Waals surface area contributed by atoms with Gasteiger partial charge in [0.25, 0.3) is 5.91 Å². The summed E-state index contributed by atoms with van der Waals surface area (Å²) in [5, 5.41) is 7.26. The summed E-state index contributed by atoms with van der Waals surface area (Å²) in [6.45, 7) is 1.70. The molecule has 2 N–H and O–H groups in total. The number of nitrogens with zero attached hydrogens (tertiary/aromatic N) is 2. The van der Waals surface area contributed by atoms with Gasteiger partial charge in [0.15, 0.2) is 0 Å². The number of benzene rings is 2. The second-order valence-corrected chi connectivity index (χ2v) is 8.30. The number of nitrogens with one attached hydrogen (secondary N) is 2. The summed E-state index contributed by atoms with van der Waals surface area (Å²) in [7, 11) is -3.44. The van der Waals surface area contributed by atoms with Gasteiger partial charge in [-0.05, 0) is 49.4 Å². The molecular formula is C18H17ClN4O4S. The predicted molar refractivity (Wildman–Crippen MR) is 106 cm³/mol. The van der Waals surface area contributed by atoms with E-state index in [-0.39, 0.29) is 11.5 Å². The van der Waals surface area contributed by atoms with E-state index in [0.717, 1.165) is 11.8 Å². The number of halogens is 1. The summed E-state index contributed by atoms with van der Waals surface area (Å²) >= 11 is 5.87. The topological polar surface area (TPSA) is 114 Å². The highest BCUT2D eigenvalue weighted by molar-refractivity contribution is 7.92. The molecule has 0 unspecified atom stereocenters. The quantitative estimate of drug-likeness (QED) is 0.632. The number of hydrogen-bond acceptors (Lipinski definition) is 6. The molecule has 0 radical (unpaired) electrons. The summed E-state index contributed by atoms with van der Waals surface area (Å²) in [6.07, 6.45) is 1.04. The summed E-state index contributed by atoms with van der Waals surface area (Å²) < 4.78 is 30.2. The number of anilines is 1. The molecule has 146 valence electrons. The molecule has 0 bridgehead atoms. The van der Waals surface area contributed by atoms with Gasteiger partial charge in [0, 0.05) is 21.8 Å². The molecule has 0 spiro atoms. The van der Waals surface area contributed by atoms with Crippen LogP contribution in [0.1, 0.15) is 29.2 Å². The first-order valence-corrected chi connectivity index (χ1v) is 10.5. The molecule has 1 atom stereocenters. The van der Waals surface area contributed by atoms with Crippen molar-refractivity contribution < 1.29 is 17.7 Å². The normalized spacial score (nSPS) is 12.4. The molecule has 10 heteroatoms. The van der Waals surface area contributed by atoms with Gasteiger partial charge in [-0.2, -0.15) is 4.98 Å². The van der Waals surface area contributed by atoms with Crippen LogP contribution < -0.4 is 10.0 Å². The average molecular weight is 421 g/mol. The van der Waals surface area contributed by atoms with E-state index in [1.807, 2.05) is 0 Å². The molecule has 28 heavy (non-hydrogen) atoms. The molecule has 0 aliphatic carbocycles. The van der Waals surface area contributed by atoms with Crippen LogP contribution in [0.4, 0.5) is 5.69 Å².